The third kappa shape index (κ3) is 5.57. The summed E-state index contributed by atoms with van der Waals surface area (Å²) < 4.78 is 23.4. The molecule has 35 heavy (non-hydrogen) atoms. The van der Waals surface area contributed by atoms with E-state index in [-0.39, 0.29) is 30.0 Å². The number of rotatable bonds is 9. The topological polar surface area (TPSA) is 97.6 Å². The minimum atomic E-state index is -0.720. The van der Waals surface area contributed by atoms with E-state index >= 15 is 4.39 Å². The van der Waals surface area contributed by atoms with Crippen LogP contribution in [0.3, 0.4) is 0 Å². The summed E-state index contributed by atoms with van der Waals surface area (Å²) in [6, 6.07) is 14.0. The van der Waals surface area contributed by atoms with Crippen molar-refractivity contribution < 1.29 is 23.9 Å². The Kier molecular flexibility index (Phi) is 7.86. The summed E-state index contributed by atoms with van der Waals surface area (Å²) in [6.07, 6.45) is 1.51. The molecule has 0 aliphatic heterocycles. The van der Waals surface area contributed by atoms with E-state index in [1.54, 1.807) is 29.9 Å². The summed E-state index contributed by atoms with van der Waals surface area (Å²) in [5, 5.41) is 12.2. The van der Waals surface area contributed by atoms with Gasteiger partial charge in [-0.2, -0.15) is 0 Å². The largest absolute Gasteiger partial charge is 0.497 e. The molecule has 0 unspecified atom stereocenters. The number of fused-ring (bicyclic) bond motifs is 1. The number of anilines is 2. The van der Waals surface area contributed by atoms with Gasteiger partial charge in [0.15, 0.2) is 5.82 Å². The number of hydrogen-bond donors (Lipinski definition) is 3. The highest BCUT2D eigenvalue weighted by Gasteiger charge is 2.23. The normalized spacial score (nSPS) is 11.0. The van der Waals surface area contributed by atoms with E-state index in [4.69, 9.17) is 26.3 Å². The van der Waals surface area contributed by atoms with Gasteiger partial charge in [-0.05, 0) is 42.0 Å². The Morgan fingerprint density at radius 1 is 1.23 bits per heavy atom. The van der Waals surface area contributed by atoms with Gasteiger partial charge in [0.25, 0.3) is 5.91 Å². The van der Waals surface area contributed by atoms with E-state index in [1.165, 1.54) is 12.4 Å². The van der Waals surface area contributed by atoms with Gasteiger partial charge >= 0.3 is 0 Å². The van der Waals surface area contributed by atoms with Crippen molar-refractivity contribution >= 4 is 55.8 Å². The Balaban J connectivity index is 1.77. The first-order valence-corrected chi connectivity index (χ1v) is 11.6. The molecular formula is C24H21BrClFN4O4. The third-order valence-corrected chi connectivity index (χ3v) is 5.97. The number of carbonyl (C=O) groups excluding carboxylic acids is 1. The first-order valence-electron chi connectivity index (χ1n) is 10.5. The number of aromatic nitrogens is 2. The van der Waals surface area contributed by atoms with Gasteiger partial charge in [0, 0.05) is 11.0 Å². The van der Waals surface area contributed by atoms with Crippen LogP contribution in [0.2, 0.25) is 5.02 Å². The summed E-state index contributed by atoms with van der Waals surface area (Å²) >= 11 is 9.64. The van der Waals surface area contributed by atoms with Crippen molar-refractivity contribution in [3.05, 3.63) is 81.3 Å². The van der Waals surface area contributed by atoms with E-state index in [1.807, 2.05) is 24.3 Å². The second-order valence-electron chi connectivity index (χ2n) is 7.45. The van der Waals surface area contributed by atoms with E-state index in [9.17, 15) is 4.79 Å². The van der Waals surface area contributed by atoms with Crippen LogP contribution in [0.15, 0.2) is 59.3 Å². The molecule has 0 saturated heterocycles. The van der Waals surface area contributed by atoms with Crippen molar-refractivity contribution in [2.75, 3.05) is 25.6 Å². The fourth-order valence-corrected chi connectivity index (χ4v) is 4.18. The number of aliphatic hydroxyl groups is 1. The van der Waals surface area contributed by atoms with Gasteiger partial charge in [0.2, 0.25) is 0 Å². The van der Waals surface area contributed by atoms with E-state index < -0.39 is 11.7 Å². The minimum Gasteiger partial charge on any atom is -0.497 e. The molecule has 0 spiro atoms. The number of nitrogens with zero attached hydrogens (tertiary/aromatic N) is 2. The van der Waals surface area contributed by atoms with Gasteiger partial charge < -0.3 is 19.7 Å². The molecule has 3 aromatic carbocycles. The molecule has 182 valence electrons. The molecule has 4 aromatic rings. The Labute approximate surface area is 213 Å². The maximum absolute atomic E-state index is 15.8. The number of amides is 1. The van der Waals surface area contributed by atoms with Crippen molar-refractivity contribution in [1.82, 2.24) is 15.0 Å². The molecule has 0 atom stereocenters. The molecule has 3 N–H and O–H groups in total. The standard InChI is InChI=1S/C24H21BrClFN4O4/c1-34-16-5-2-14(3-6-16)12-31-13-28-23-20(31)11-17(24(33)30-35-9-8-32)22(21(23)27)29-19-7-4-15(25)10-18(19)26/h2-7,10-11,13,29,32H,8-9,12H2,1H3,(H,30,33). The molecule has 11 heteroatoms. The number of methoxy groups -OCH3 is 1. The number of benzene rings is 3. The van der Waals surface area contributed by atoms with Crippen LogP contribution in [0.1, 0.15) is 15.9 Å². The summed E-state index contributed by atoms with van der Waals surface area (Å²) in [5.41, 5.74) is 3.93. The van der Waals surface area contributed by atoms with Crippen LogP contribution in [0.4, 0.5) is 15.8 Å². The maximum Gasteiger partial charge on any atom is 0.277 e. The number of nitrogens with one attached hydrogen (secondary N) is 2. The second kappa shape index (κ2) is 11.0. The lowest BCUT2D eigenvalue weighted by Crippen LogP contribution is -2.26. The van der Waals surface area contributed by atoms with Crippen LogP contribution in [0.5, 0.6) is 5.75 Å². The summed E-state index contributed by atoms with van der Waals surface area (Å²) in [7, 11) is 1.59. The first kappa shape index (κ1) is 24.9. The highest BCUT2D eigenvalue weighted by Crippen LogP contribution is 2.34. The SMILES string of the molecule is COc1ccc(Cn2cnc3c(F)c(Nc4ccc(Br)cc4Cl)c(C(=O)NOCCO)cc32)cc1. The van der Waals surface area contributed by atoms with Crippen LogP contribution in [0.25, 0.3) is 11.0 Å². The molecule has 0 bridgehead atoms. The number of hydroxylamine groups is 1. The average molecular weight is 564 g/mol. The van der Waals surface area contributed by atoms with Crippen molar-refractivity contribution in [3.63, 3.8) is 0 Å². The average Bonchev–Trinajstić information content (AvgIpc) is 3.25. The smallest absolute Gasteiger partial charge is 0.277 e. The minimum absolute atomic E-state index is 0.0246. The van der Waals surface area contributed by atoms with E-state index in [0.29, 0.717) is 22.8 Å². The Morgan fingerprint density at radius 2 is 2.00 bits per heavy atom. The third-order valence-electron chi connectivity index (χ3n) is 5.16. The maximum atomic E-state index is 15.8. The van der Waals surface area contributed by atoms with Crippen molar-refractivity contribution in [2.24, 2.45) is 0 Å². The Morgan fingerprint density at radius 3 is 2.69 bits per heavy atom. The molecule has 1 aromatic heterocycles. The molecule has 0 saturated carbocycles. The van der Waals surface area contributed by atoms with Gasteiger partial charge in [-0.15, -0.1) is 0 Å². The highest BCUT2D eigenvalue weighted by atomic mass is 79.9. The van der Waals surface area contributed by atoms with Crippen molar-refractivity contribution in [1.29, 1.82) is 0 Å². The lowest BCUT2D eigenvalue weighted by atomic mass is 10.1. The summed E-state index contributed by atoms with van der Waals surface area (Å²) in [4.78, 5) is 22.1. The van der Waals surface area contributed by atoms with Crippen molar-refractivity contribution in [2.45, 2.75) is 6.54 Å². The van der Waals surface area contributed by atoms with Crippen LogP contribution in [-0.2, 0) is 11.4 Å². The summed E-state index contributed by atoms with van der Waals surface area (Å²) in [6.45, 7) is -0.0115. The molecule has 0 radical (unpaired) electrons. The van der Waals surface area contributed by atoms with E-state index in [0.717, 1.165) is 15.8 Å². The zero-order valence-corrected chi connectivity index (χ0v) is 20.9. The van der Waals surface area contributed by atoms with Crippen LogP contribution in [0, 0.1) is 5.82 Å². The van der Waals surface area contributed by atoms with Gasteiger partial charge in [0.1, 0.15) is 11.3 Å². The molecule has 1 amide bonds. The first-order chi connectivity index (χ1) is 16.9. The molecule has 0 aliphatic rings. The monoisotopic (exact) mass is 562 g/mol. The predicted molar refractivity (Wildman–Crippen MR) is 135 cm³/mol. The molecule has 8 nitrogen and oxygen atoms in total. The van der Waals surface area contributed by atoms with Crippen LogP contribution in [-0.4, -0.2) is 40.9 Å². The van der Waals surface area contributed by atoms with Gasteiger partial charge in [-0.25, -0.2) is 14.9 Å². The lowest BCUT2D eigenvalue weighted by molar-refractivity contribution is 0.0169. The highest BCUT2D eigenvalue weighted by molar-refractivity contribution is 9.10. The number of ether oxygens (including phenoxy) is 1. The number of carbonyl (C=O) groups is 1. The Hall–Kier alpha value is -3.18. The number of imidazole rings is 1. The number of halogens is 3. The lowest BCUT2D eigenvalue weighted by Gasteiger charge is -2.15. The molecule has 0 aliphatic carbocycles. The Bertz CT molecular complexity index is 1360. The van der Waals surface area contributed by atoms with Gasteiger partial charge in [-0.1, -0.05) is 39.7 Å². The molecule has 1 heterocycles. The zero-order chi connectivity index (χ0) is 24.9. The number of aliphatic hydroxyl groups excluding tert-OH is 1. The zero-order valence-electron chi connectivity index (χ0n) is 18.5. The van der Waals surface area contributed by atoms with Gasteiger partial charge in [0.05, 0.1) is 54.1 Å². The molecule has 4 rings (SSSR count). The van der Waals surface area contributed by atoms with Crippen LogP contribution < -0.4 is 15.5 Å². The summed E-state index contributed by atoms with van der Waals surface area (Å²) in [5.74, 6) is -0.700. The fourth-order valence-electron chi connectivity index (χ4n) is 3.46. The van der Waals surface area contributed by atoms with Gasteiger partial charge in [-0.3, -0.25) is 9.63 Å². The predicted octanol–water partition coefficient (Wildman–Crippen LogP) is 5.05. The van der Waals surface area contributed by atoms with Crippen molar-refractivity contribution in [3.8, 4) is 5.75 Å². The van der Waals surface area contributed by atoms with Crippen LogP contribution >= 0.6 is 27.5 Å². The van der Waals surface area contributed by atoms with E-state index in [2.05, 4.69) is 31.7 Å². The quantitative estimate of drug-likeness (QED) is 0.195. The molecule has 0 fully saturated rings. The second-order valence-corrected chi connectivity index (χ2v) is 8.78. The number of hydrogen-bond acceptors (Lipinski definition) is 6. The molecular weight excluding hydrogens is 543 g/mol. The fraction of sp³-hybridized carbons (Fsp3) is 0.167.